The normalized spacial score (nSPS) is 15.5. The molecule has 0 radical (unpaired) electrons. The molecule has 7 heteroatoms. The van der Waals surface area contributed by atoms with Crippen molar-refractivity contribution in [2.24, 2.45) is 0 Å². The first-order chi connectivity index (χ1) is 15.2. The molecule has 4 nitrogen and oxygen atoms in total. The molecule has 3 aromatic rings. The molecule has 2 N–H and O–H groups in total. The lowest BCUT2D eigenvalue weighted by atomic mass is 10.2. The monoisotopic (exact) mass is 466 g/mol. The molecule has 0 aromatic heterocycles. The summed E-state index contributed by atoms with van der Waals surface area (Å²) in [5.41, 5.74) is 4.10. The minimum absolute atomic E-state index is 0.107. The minimum Gasteiger partial charge on any atom is -0.324 e. The standard InChI is InChI=1S/C24H22N2O2S3/c27-23-15-29-16-24(28)26-20-9-2-4-11-22(20)31-14-18-7-5-6-17(12-18)13-30-21-10-3-1-8-19(21)25-23/h1-12H,13-16H2,(H,25,27)(H,26,28). The van der Waals surface area contributed by atoms with Crippen molar-refractivity contribution < 1.29 is 9.59 Å². The van der Waals surface area contributed by atoms with Gasteiger partial charge in [0.1, 0.15) is 0 Å². The van der Waals surface area contributed by atoms with Crippen LogP contribution in [0.4, 0.5) is 11.4 Å². The van der Waals surface area contributed by atoms with Gasteiger partial charge in [0.05, 0.1) is 22.9 Å². The number of thioether (sulfide) groups is 3. The van der Waals surface area contributed by atoms with Crippen molar-refractivity contribution in [3.8, 4) is 0 Å². The van der Waals surface area contributed by atoms with Crippen LogP contribution in [-0.4, -0.2) is 23.3 Å². The SMILES string of the molecule is O=C1CSCC(=O)Nc2ccccc2SCc2cccc(c2)CSc2ccccc2N1. The number of hydrogen-bond donors (Lipinski definition) is 2. The predicted octanol–water partition coefficient (Wildman–Crippen LogP) is 5.90. The molecule has 1 heterocycles. The van der Waals surface area contributed by atoms with Crippen LogP contribution >= 0.6 is 35.3 Å². The van der Waals surface area contributed by atoms with Crippen LogP contribution in [0.3, 0.4) is 0 Å². The molecule has 0 spiro atoms. The number of fused-ring (bicyclic) bond motifs is 4. The summed E-state index contributed by atoms with van der Waals surface area (Å²) in [4.78, 5) is 26.9. The summed E-state index contributed by atoms with van der Waals surface area (Å²) in [5, 5.41) is 5.97. The average Bonchev–Trinajstić information content (AvgIpc) is 2.78. The Kier molecular flexibility index (Phi) is 7.61. The third-order valence-corrected chi connectivity index (χ3v) is 7.79. The van der Waals surface area contributed by atoms with E-state index in [1.54, 1.807) is 23.5 Å². The summed E-state index contributed by atoms with van der Waals surface area (Å²) in [6.45, 7) is 0. The van der Waals surface area contributed by atoms with E-state index in [4.69, 9.17) is 0 Å². The van der Waals surface area contributed by atoms with E-state index in [9.17, 15) is 9.59 Å². The summed E-state index contributed by atoms with van der Waals surface area (Å²) in [7, 11) is 0. The van der Waals surface area contributed by atoms with Crippen molar-refractivity contribution >= 4 is 58.5 Å². The molecule has 2 bridgehead atoms. The van der Waals surface area contributed by atoms with E-state index in [2.05, 4.69) is 34.9 Å². The Balaban J connectivity index is 1.59. The van der Waals surface area contributed by atoms with Gasteiger partial charge in [-0.05, 0) is 35.4 Å². The Morgan fingerprint density at radius 2 is 1.06 bits per heavy atom. The number of para-hydroxylation sites is 2. The zero-order chi connectivity index (χ0) is 21.5. The van der Waals surface area contributed by atoms with Crippen LogP contribution in [0.2, 0.25) is 0 Å². The molecule has 158 valence electrons. The Hall–Kier alpha value is -2.35. The van der Waals surface area contributed by atoms with Gasteiger partial charge in [-0.3, -0.25) is 9.59 Å². The Morgan fingerprint density at radius 3 is 1.58 bits per heavy atom. The highest BCUT2D eigenvalue weighted by molar-refractivity contribution is 8.00. The quantitative estimate of drug-likeness (QED) is 0.432. The first kappa shape index (κ1) is 21.9. The van der Waals surface area contributed by atoms with E-state index in [1.165, 1.54) is 22.9 Å². The van der Waals surface area contributed by atoms with E-state index in [1.807, 2.05) is 48.5 Å². The topological polar surface area (TPSA) is 58.2 Å². The third kappa shape index (κ3) is 6.32. The molecule has 1 aliphatic heterocycles. The Morgan fingerprint density at radius 1 is 0.581 bits per heavy atom. The lowest BCUT2D eigenvalue weighted by Crippen LogP contribution is -2.19. The molecule has 0 unspecified atom stereocenters. The molecule has 0 aliphatic carbocycles. The van der Waals surface area contributed by atoms with Gasteiger partial charge in [0.15, 0.2) is 0 Å². The fourth-order valence-corrected chi connectivity index (χ4v) is 5.65. The minimum atomic E-state index is -0.107. The van der Waals surface area contributed by atoms with Crippen molar-refractivity contribution in [1.82, 2.24) is 0 Å². The van der Waals surface area contributed by atoms with Gasteiger partial charge in [-0.15, -0.1) is 35.3 Å². The van der Waals surface area contributed by atoms with Gasteiger partial charge in [-0.25, -0.2) is 0 Å². The number of nitrogens with one attached hydrogen (secondary N) is 2. The van der Waals surface area contributed by atoms with Crippen LogP contribution < -0.4 is 10.6 Å². The molecular formula is C24H22N2O2S3. The largest absolute Gasteiger partial charge is 0.324 e. The summed E-state index contributed by atoms with van der Waals surface area (Å²) in [6, 6.07) is 24.2. The van der Waals surface area contributed by atoms with Crippen LogP contribution in [0.1, 0.15) is 11.1 Å². The Labute approximate surface area is 195 Å². The zero-order valence-corrected chi connectivity index (χ0v) is 19.2. The van der Waals surface area contributed by atoms with Gasteiger partial charge in [0.25, 0.3) is 0 Å². The van der Waals surface area contributed by atoms with Crippen molar-refractivity contribution in [1.29, 1.82) is 0 Å². The van der Waals surface area contributed by atoms with Gasteiger partial charge in [-0.1, -0.05) is 48.5 Å². The zero-order valence-electron chi connectivity index (χ0n) is 16.8. The van der Waals surface area contributed by atoms with E-state index in [0.717, 1.165) is 32.7 Å². The molecular weight excluding hydrogens is 444 g/mol. The molecule has 31 heavy (non-hydrogen) atoms. The van der Waals surface area contributed by atoms with Gasteiger partial charge in [0.2, 0.25) is 11.8 Å². The molecule has 4 rings (SSSR count). The van der Waals surface area contributed by atoms with Crippen LogP contribution in [0.25, 0.3) is 0 Å². The second kappa shape index (κ2) is 10.8. The van der Waals surface area contributed by atoms with Crippen LogP contribution in [0.5, 0.6) is 0 Å². The average molecular weight is 467 g/mol. The molecule has 3 aromatic carbocycles. The number of anilines is 2. The molecule has 0 fully saturated rings. The van der Waals surface area contributed by atoms with Gasteiger partial charge in [0, 0.05) is 21.3 Å². The van der Waals surface area contributed by atoms with Crippen molar-refractivity contribution in [2.45, 2.75) is 21.3 Å². The number of amides is 2. The fourth-order valence-electron chi connectivity index (χ4n) is 3.13. The molecule has 2 amide bonds. The Bertz CT molecular complexity index is 1010. The summed E-state index contributed by atoms with van der Waals surface area (Å²) >= 11 is 4.73. The summed E-state index contributed by atoms with van der Waals surface area (Å²) in [6.07, 6.45) is 0. The maximum absolute atomic E-state index is 12.4. The lowest BCUT2D eigenvalue weighted by Gasteiger charge is -2.13. The molecule has 0 saturated heterocycles. The number of rotatable bonds is 0. The smallest absolute Gasteiger partial charge is 0.234 e. The van der Waals surface area contributed by atoms with Gasteiger partial charge < -0.3 is 10.6 Å². The summed E-state index contributed by atoms with van der Waals surface area (Å²) < 4.78 is 0. The maximum atomic E-state index is 12.4. The molecule has 0 saturated carbocycles. The number of hydrogen-bond acceptors (Lipinski definition) is 5. The van der Waals surface area contributed by atoms with Gasteiger partial charge >= 0.3 is 0 Å². The third-order valence-electron chi connectivity index (χ3n) is 4.57. The van der Waals surface area contributed by atoms with E-state index < -0.39 is 0 Å². The first-order valence-corrected chi connectivity index (χ1v) is 13.0. The number of benzene rings is 3. The highest BCUT2D eigenvalue weighted by atomic mass is 32.2. The van der Waals surface area contributed by atoms with E-state index in [-0.39, 0.29) is 23.3 Å². The van der Waals surface area contributed by atoms with Crippen LogP contribution in [0, 0.1) is 0 Å². The maximum Gasteiger partial charge on any atom is 0.234 e. The number of carbonyl (C=O) groups is 2. The predicted molar refractivity (Wildman–Crippen MR) is 133 cm³/mol. The van der Waals surface area contributed by atoms with Crippen molar-refractivity contribution in [3.05, 3.63) is 83.9 Å². The van der Waals surface area contributed by atoms with Crippen molar-refractivity contribution in [3.63, 3.8) is 0 Å². The molecule has 0 atom stereocenters. The first-order valence-electron chi connectivity index (χ1n) is 9.86. The lowest BCUT2D eigenvalue weighted by molar-refractivity contribution is -0.114. The number of carbonyl (C=O) groups excluding carboxylic acids is 2. The van der Waals surface area contributed by atoms with E-state index >= 15 is 0 Å². The second-order valence-corrected chi connectivity index (χ2v) is 10.00. The van der Waals surface area contributed by atoms with Crippen LogP contribution in [-0.2, 0) is 21.1 Å². The highest BCUT2D eigenvalue weighted by Gasteiger charge is 2.12. The van der Waals surface area contributed by atoms with E-state index in [0.29, 0.717) is 0 Å². The summed E-state index contributed by atoms with van der Waals surface area (Å²) in [5.74, 6) is 1.89. The second-order valence-electron chi connectivity index (χ2n) is 6.98. The van der Waals surface area contributed by atoms with Crippen molar-refractivity contribution in [2.75, 3.05) is 22.1 Å². The molecule has 1 aliphatic rings. The fraction of sp³-hybridized carbons (Fsp3) is 0.167. The van der Waals surface area contributed by atoms with Crippen LogP contribution in [0.15, 0.2) is 82.6 Å². The van der Waals surface area contributed by atoms with Gasteiger partial charge in [-0.2, -0.15) is 0 Å². The highest BCUT2D eigenvalue weighted by Crippen LogP contribution is 2.32.